The number of methoxy groups -OCH3 is 1. The number of nitrogen functional groups attached to an aromatic ring is 1. The number of nitrogens with zero attached hydrogens (tertiary/aromatic N) is 2. The molecule has 1 fully saturated rings. The maximum atomic E-state index is 12.1. The van der Waals surface area contributed by atoms with Crippen molar-refractivity contribution in [2.24, 2.45) is 7.05 Å². The second-order valence-electron chi connectivity index (χ2n) is 4.67. The molecule has 118 valence electrons. The predicted octanol–water partition coefficient (Wildman–Crippen LogP) is -2.78. The van der Waals surface area contributed by atoms with E-state index in [2.05, 4.69) is 10.3 Å². The molecule has 0 aliphatic carbocycles. The molecule has 1 aliphatic heterocycles. The molecule has 1 saturated heterocycles. The first-order valence-electron chi connectivity index (χ1n) is 6.19. The number of ether oxygens (including phenoxy) is 2. The van der Waals surface area contributed by atoms with Crippen LogP contribution in [0.1, 0.15) is 0 Å². The number of aliphatic hydroxyl groups excluding tert-OH is 3. The zero-order chi connectivity index (χ0) is 15.7. The van der Waals surface area contributed by atoms with E-state index in [-0.39, 0.29) is 24.1 Å². The van der Waals surface area contributed by atoms with Crippen LogP contribution in [0.3, 0.4) is 0 Å². The Hall–Kier alpha value is -1.88. The van der Waals surface area contributed by atoms with Crippen LogP contribution < -0.4 is 21.3 Å². The van der Waals surface area contributed by atoms with Gasteiger partial charge in [0.2, 0.25) is 0 Å². The molecule has 10 nitrogen and oxygen atoms in total. The van der Waals surface area contributed by atoms with Crippen molar-refractivity contribution in [2.75, 3.05) is 24.8 Å². The molecule has 0 spiro atoms. The largest absolute Gasteiger partial charge is 0.468 e. The number of hydrogen-bond donors (Lipinski definition) is 5. The molecule has 6 N–H and O–H groups in total. The van der Waals surface area contributed by atoms with Crippen LogP contribution in [0.25, 0.3) is 0 Å². The summed E-state index contributed by atoms with van der Waals surface area (Å²) >= 11 is 0. The Morgan fingerprint density at radius 2 is 2.10 bits per heavy atom. The molecule has 21 heavy (non-hydrogen) atoms. The second-order valence-corrected chi connectivity index (χ2v) is 4.67. The Morgan fingerprint density at radius 1 is 1.43 bits per heavy atom. The van der Waals surface area contributed by atoms with Crippen molar-refractivity contribution in [3.05, 3.63) is 10.4 Å². The zero-order valence-corrected chi connectivity index (χ0v) is 11.6. The Morgan fingerprint density at radius 3 is 2.71 bits per heavy atom. The van der Waals surface area contributed by atoms with E-state index in [0.29, 0.717) is 0 Å². The fourth-order valence-electron chi connectivity index (χ4n) is 1.99. The third kappa shape index (κ3) is 2.78. The first-order valence-corrected chi connectivity index (χ1v) is 6.19. The van der Waals surface area contributed by atoms with E-state index in [4.69, 9.17) is 15.2 Å². The lowest BCUT2D eigenvalue weighted by Gasteiger charge is -2.35. The summed E-state index contributed by atoms with van der Waals surface area (Å²) in [5.41, 5.74) is 5.05. The van der Waals surface area contributed by atoms with Gasteiger partial charge in [0.25, 0.3) is 5.56 Å². The molecule has 1 aromatic rings. The highest BCUT2D eigenvalue weighted by Gasteiger charge is 2.38. The number of hydrogen-bond acceptors (Lipinski definition) is 9. The number of aromatic nitrogens is 2. The van der Waals surface area contributed by atoms with Crippen LogP contribution in [0.2, 0.25) is 0 Å². The fourth-order valence-corrected chi connectivity index (χ4v) is 1.99. The Kier molecular flexibility index (Phi) is 4.32. The summed E-state index contributed by atoms with van der Waals surface area (Å²) < 4.78 is 11.2. The van der Waals surface area contributed by atoms with Gasteiger partial charge >= 0.3 is 6.01 Å². The Bertz CT molecular complexity index is 577. The lowest BCUT2D eigenvalue weighted by molar-refractivity contribution is -0.178. The first-order chi connectivity index (χ1) is 9.86. The summed E-state index contributed by atoms with van der Waals surface area (Å²) in [4.78, 5) is 16.0. The van der Waals surface area contributed by atoms with Crippen LogP contribution in [0.4, 0.5) is 11.5 Å². The topological polar surface area (TPSA) is 152 Å². The maximum Gasteiger partial charge on any atom is 0.300 e. The van der Waals surface area contributed by atoms with E-state index in [1.807, 2.05) is 0 Å². The highest BCUT2D eigenvalue weighted by molar-refractivity contribution is 5.61. The van der Waals surface area contributed by atoms with E-state index < -0.39 is 30.1 Å². The molecule has 0 amide bonds. The van der Waals surface area contributed by atoms with Crippen molar-refractivity contribution in [1.82, 2.24) is 9.55 Å². The predicted molar refractivity (Wildman–Crippen MR) is 71.8 cm³/mol. The van der Waals surface area contributed by atoms with Gasteiger partial charge in [0.05, 0.1) is 13.7 Å². The maximum absolute atomic E-state index is 12.1. The van der Waals surface area contributed by atoms with Crippen molar-refractivity contribution in [2.45, 2.75) is 24.5 Å². The summed E-state index contributed by atoms with van der Waals surface area (Å²) in [5, 5.41) is 31.4. The van der Waals surface area contributed by atoms with Crippen LogP contribution in [0.5, 0.6) is 6.01 Å². The standard InChI is InChI=1S/C11H18N4O6/c1-15-10(19)5(8(12)14-11(15)20-2)13-9-7(18)6(17)4(16)3-21-9/h4,6-7,9,13,16-18H,3,12H2,1-2H3/t4-,6+,7-,9-/m0/s1. The average Bonchev–Trinajstić information content (AvgIpc) is 2.47. The van der Waals surface area contributed by atoms with E-state index in [0.717, 1.165) is 4.57 Å². The molecule has 1 aliphatic rings. The second kappa shape index (κ2) is 5.85. The van der Waals surface area contributed by atoms with Crippen LogP contribution in [0.15, 0.2) is 4.79 Å². The van der Waals surface area contributed by atoms with Crippen LogP contribution >= 0.6 is 0 Å². The number of nitrogens with two attached hydrogens (primary N) is 1. The van der Waals surface area contributed by atoms with E-state index in [1.165, 1.54) is 14.2 Å². The number of nitrogens with one attached hydrogen (secondary N) is 1. The molecule has 0 bridgehead atoms. The first kappa shape index (κ1) is 15.5. The highest BCUT2D eigenvalue weighted by Crippen LogP contribution is 2.20. The monoisotopic (exact) mass is 302 g/mol. The summed E-state index contributed by atoms with van der Waals surface area (Å²) in [5.74, 6) is -0.133. The lowest BCUT2D eigenvalue weighted by Crippen LogP contribution is -2.56. The Labute approximate surface area is 119 Å². The van der Waals surface area contributed by atoms with Gasteiger partial charge in [-0.05, 0) is 0 Å². The fraction of sp³-hybridized carbons (Fsp3) is 0.636. The van der Waals surface area contributed by atoms with Crippen molar-refractivity contribution in [1.29, 1.82) is 0 Å². The molecule has 2 rings (SSSR count). The normalized spacial score (nSPS) is 29.2. The molecule has 1 aromatic heterocycles. The minimum absolute atomic E-state index is 0.0311. The SMILES string of the molecule is COc1nc(N)c(N[C@H]2OC[C@H](O)[C@@H](O)[C@@H]2O)c(=O)n1C. The lowest BCUT2D eigenvalue weighted by atomic mass is 10.0. The number of aliphatic hydroxyl groups is 3. The molecular formula is C11H18N4O6. The Balaban J connectivity index is 2.28. The third-order valence-electron chi connectivity index (χ3n) is 3.25. The molecule has 4 atom stereocenters. The highest BCUT2D eigenvalue weighted by atomic mass is 16.5. The van der Waals surface area contributed by atoms with Gasteiger partial charge < -0.3 is 35.8 Å². The van der Waals surface area contributed by atoms with Crippen LogP contribution in [0, 0.1) is 0 Å². The van der Waals surface area contributed by atoms with Gasteiger partial charge in [-0.15, -0.1) is 0 Å². The molecule has 0 unspecified atom stereocenters. The van der Waals surface area contributed by atoms with Gasteiger partial charge in [-0.2, -0.15) is 4.98 Å². The van der Waals surface area contributed by atoms with Gasteiger partial charge in [-0.25, -0.2) is 0 Å². The smallest absolute Gasteiger partial charge is 0.300 e. The van der Waals surface area contributed by atoms with Crippen molar-refractivity contribution in [3.63, 3.8) is 0 Å². The molecular weight excluding hydrogens is 284 g/mol. The average molecular weight is 302 g/mol. The van der Waals surface area contributed by atoms with Gasteiger partial charge in [0.1, 0.15) is 24.0 Å². The summed E-state index contributed by atoms with van der Waals surface area (Å²) in [6.07, 6.45) is -5.13. The summed E-state index contributed by atoms with van der Waals surface area (Å²) in [6, 6.07) is 0.0311. The zero-order valence-electron chi connectivity index (χ0n) is 11.6. The van der Waals surface area contributed by atoms with Gasteiger partial charge in [0.15, 0.2) is 12.0 Å². The van der Waals surface area contributed by atoms with Crippen LogP contribution in [-0.4, -0.2) is 63.1 Å². The molecule has 2 heterocycles. The summed E-state index contributed by atoms with van der Waals surface area (Å²) in [6.45, 7) is -0.195. The summed E-state index contributed by atoms with van der Waals surface area (Å²) in [7, 11) is 2.79. The van der Waals surface area contributed by atoms with Crippen LogP contribution in [-0.2, 0) is 11.8 Å². The number of anilines is 2. The minimum Gasteiger partial charge on any atom is -0.468 e. The van der Waals surface area contributed by atoms with Gasteiger partial charge in [-0.3, -0.25) is 9.36 Å². The van der Waals surface area contributed by atoms with Crippen molar-refractivity contribution < 1.29 is 24.8 Å². The molecule has 0 aromatic carbocycles. The van der Waals surface area contributed by atoms with E-state index in [9.17, 15) is 20.1 Å². The van der Waals surface area contributed by atoms with Gasteiger partial charge in [0, 0.05) is 7.05 Å². The molecule has 0 saturated carbocycles. The number of rotatable bonds is 3. The quantitative estimate of drug-likeness (QED) is 0.399. The minimum atomic E-state index is -1.43. The van der Waals surface area contributed by atoms with E-state index >= 15 is 0 Å². The molecule has 10 heteroatoms. The van der Waals surface area contributed by atoms with E-state index in [1.54, 1.807) is 0 Å². The molecule has 0 radical (unpaired) electrons. The van der Waals surface area contributed by atoms with Crippen molar-refractivity contribution in [3.8, 4) is 6.01 Å². The van der Waals surface area contributed by atoms with Gasteiger partial charge in [-0.1, -0.05) is 0 Å². The van der Waals surface area contributed by atoms with Crippen molar-refractivity contribution >= 4 is 11.5 Å². The third-order valence-corrected chi connectivity index (χ3v) is 3.25.